The van der Waals surface area contributed by atoms with E-state index in [0.717, 1.165) is 53.1 Å². The number of hydrogen-bond donors (Lipinski definition) is 2. The van der Waals surface area contributed by atoms with Crippen molar-refractivity contribution in [3.8, 4) is 0 Å². The molecule has 4 rings (SSSR count). The van der Waals surface area contributed by atoms with Crippen molar-refractivity contribution in [3.05, 3.63) is 94.1 Å². The fourth-order valence-corrected chi connectivity index (χ4v) is 5.43. The van der Waals surface area contributed by atoms with Crippen molar-refractivity contribution < 1.29 is 23.9 Å². The molecule has 0 saturated carbocycles. The Morgan fingerprint density at radius 2 is 1.59 bits per heavy atom. The molecular formula is C34H40N6O5S. The molecule has 2 aromatic heterocycles. The smallest absolute Gasteiger partial charge is 0.306 e. The van der Waals surface area contributed by atoms with Crippen LogP contribution in [0.3, 0.4) is 0 Å². The minimum atomic E-state index is -0.727. The molecule has 2 heterocycles. The number of esters is 1. The number of unbranched alkanes of at least 4 members (excludes halogenated alkanes) is 1. The molecule has 0 fully saturated rings. The van der Waals surface area contributed by atoms with E-state index in [1.165, 1.54) is 18.4 Å². The fourth-order valence-electron chi connectivity index (χ4n) is 4.65. The number of amides is 2. The molecule has 11 nitrogen and oxygen atoms in total. The van der Waals surface area contributed by atoms with E-state index in [2.05, 4.69) is 31.0 Å². The number of benzene rings is 2. The van der Waals surface area contributed by atoms with E-state index in [1.807, 2.05) is 81.4 Å². The van der Waals surface area contributed by atoms with E-state index in [-0.39, 0.29) is 30.6 Å². The van der Waals surface area contributed by atoms with Gasteiger partial charge in [-0.2, -0.15) is 5.10 Å². The number of aryl methyl sites for hydroxylation is 3. The number of anilines is 2. The lowest BCUT2D eigenvalue weighted by Crippen LogP contribution is -2.24. The number of nitrogens with zero attached hydrogens (tertiary/aromatic N) is 4. The second-order valence-electron chi connectivity index (χ2n) is 11.8. The highest BCUT2D eigenvalue weighted by Gasteiger charge is 2.21. The molecule has 2 N–H and O–H groups in total. The van der Waals surface area contributed by atoms with E-state index in [4.69, 9.17) is 9.47 Å². The quantitative estimate of drug-likeness (QED) is 0.123. The van der Waals surface area contributed by atoms with Crippen LogP contribution in [-0.4, -0.2) is 50.9 Å². The van der Waals surface area contributed by atoms with Crippen LogP contribution < -0.4 is 10.6 Å². The van der Waals surface area contributed by atoms with Crippen LogP contribution in [0.2, 0.25) is 0 Å². The second-order valence-corrected chi connectivity index (χ2v) is 12.8. The van der Waals surface area contributed by atoms with Gasteiger partial charge in [-0.25, -0.2) is 0 Å². The van der Waals surface area contributed by atoms with Gasteiger partial charge in [0, 0.05) is 20.0 Å². The molecule has 1 unspecified atom stereocenters. The zero-order valence-electron chi connectivity index (χ0n) is 26.6. The van der Waals surface area contributed by atoms with Crippen molar-refractivity contribution in [1.82, 2.24) is 20.4 Å². The SMILES string of the molecule is COC(C(=O)Nc1nnc(CCCCc2ccc(NC(=O)Cc3cccc(CCC(=O)OC(C)(C)C)c3)nn2)s1)c1ccccc1. The van der Waals surface area contributed by atoms with Crippen LogP contribution in [-0.2, 0) is 49.5 Å². The standard InChI is InChI=1S/C34H40N6O5S/c1-34(2,3)45-30(42)20-17-23-11-10-12-24(21-23)22-28(41)35-27-19-18-26(37-38-27)15-8-9-16-29-39-40-33(46-29)36-32(43)31(44-4)25-13-6-5-7-14-25/h5-7,10-14,18-19,21,31H,8-9,15-17,20,22H2,1-4H3,(H,35,38,41)(H,36,40,43). The molecule has 12 heteroatoms. The summed E-state index contributed by atoms with van der Waals surface area (Å²) in [5.74, 6) is -0.347. The van der Waals surface area contributed by atoms with Gasteiger partial charge in [-0.15, -0.1) is 15.3 Å². The number of carbonyl (C=O) groups is 3. The molecule has 1 atom stereocenters. The van der Waals surface area contributed by atoms with Crippen LogP contribution in [0.25, 0.3) is 0 Å². The number of hydrogen-bond acceptors (Lipinski definition) is 10. The monoisotopic (exact) mass is 644 g/mol. The van der Waals surface area contributed by atoms with Gasteiger partial charge in [0.1, 0.15) is 10.6 Å². The van der Waals surface area contributed by atoms with E-state index >= 15 is 0 Å². The fraction of sp³-hybridized carbons (Fsp3) is 0.382. The number of rotatable bonds is 15. The summed E-state index contributed by atoms with van der Waals surface area (Å²) in [4.78, 5) is 37.3. The molecule has 242 valence electrons. The van der Waals surface area contributed by atoms with E-state index in [9.17, 15) is 14.4 Å². The molecule has 46 heavy (non-hydrogen) atoms. The number of ether oxygens (including phenoxy) is 2. The summed E-state index contributed by atoms with van der Waals surface area (Å²) in [6.07, 6.45) is 3.46. The van der Waals surface area contributed by atoms with Crippen LogP contribution in [0, 0.1) is 0 Å². The first-order valence-corrected chi connectivity index (χ1v) is 16.0. The molecule has 4 aromatic rings. The van der Waals surface area contributed by atoms with Crippen LogP contribution in [0.1, 0.15) is 73.5 Å². The van der Waals surface area contributed by atoms with Crippen LogP contribution >= 0.6 is 11.3 Å². The van der Waals surface area contributed by atoms with Crippen molar-refractivity contribution in [2.24, 2.45) is 0 Å². The Morgan fingerprint density at radius 1 is 0.826 bits per heavy atom. The maximum atomic E-state index is 12.7. The Morgan fingerprint density at radius 3 is 2.30 bits per heavy atom. The maximum Gasteiger partial charge on any atom is 0.306 e. The van der Waals surface area contributed by atoms with Crippen LogP contribution in [0.4, 0.5) is 10.9 Å². The first kappa shape index (κ1) is 34.3. The van der Waals surface area contributed by atoms with Crippen LogP contribution in [0.15, 0.2) is 66.7 Å². The lowest BCUT2D eigenvalue weighted by Gasteiger charge is -2.19. The molecule has 2 aromatic carbocycles. The molecule has 2 amide bonds. The van der Waals surface area contributed by atoms with Gasteiger partial charge in [-0.3, -0.25) is 19.7 Å². The van der Waals surface area contributed by atoms with Gasteiger partial charge in [0.2, 0.25) is 11.0 Å². The number of methoxy groups -OCH3 is 1. The predicted octanol–water partition coefficient (Wildman–Crippen LogP) is 5.68. The lowest BCUT2D eigenvalue weighted by atomic mass is 10.0. The average Bonchev–Trinajstić information content (AvgIpc) is 3.46. The summed E-state index contributed by atoms with van der Waals surface area (Å²) in [5.41, 5.74) is 2.90. The van der Waals surface area contributed by atoms with Gasteiger partial charge < -0.3 is 14.8 Å². The first-order valence-electron chi connectivity index (χ1n) is 15.2. The Balaban J connectivity index is 1.16. The lowest BCUT2D eigenvalue weighted by molar-refractivity contribution is -0.154. The van der Waals surface area contributed by atoms with Gasteiger partial charge in [-0.05, 0) is 75.3 Å². The average molecular weight is 645 g/mol. The minimum absolute atomic E-state index is 0.181. The third-order valence-electron chi connectivity index (χ3n) is 6.73. The zero-order valence-corrected chi connectivity index (χ0v) is 27.4. The Hall–Kier alpha value is -4.55. The Bertz CT molecular complexity index is 1590. The largest absolute Gasteiger partial charge is 0.460 e. The van der Waals surface area contributed by atoms with Crippen LogP contribution in [0.5, 0.6) is 0 Å². The summed E-state index contributed by atoms with van der Waals surface area (Å²) < 4.78 is 10.7. The highest BCUT2D eigenvalue weighted by molar-refractivity contribution is 7.15. The van der Waals surface area contributed by atoms with Gasteiger partial charge in [-0.1, -0.05) is 65.9 Å². The number of carbonyl (C=O) groups excluding carboxylic acids is 3. The third kappa shape index (κ3) is 11.4. The normalized spacial score (nSPS) is 11.9. The summed E-state index contributed by atoms with van der Waals surface area (Å²) >= 11 is 1.35. The van der Waals surface area contributed by atoms with Gasteiger partial charge in [0.15, 0.2) is 11.9 Å². The molecule has 0 spiro atoms. The van der Waals surface area contributed by atoms with Gasteiger partial charge in [0.25, 0.3) is 5.91 Å². The van der Waals surface area contributed by atoms with Crippen molar-refractivity contribution >= 4 is 40.1 Å². The molecule has 0 aliphatic heterocycles. The molecule has 0 radical (unpaired) electrons. The second kappa shape index (κ2) is 16.7. The maximum absolute atomic E-state index is 12.7. The van der Waals surface area contributed by atoms with Crippen molar-refractivity contribution in [2.75, 3.05) is 17.7 Å². The minimum Gasteiger partial charge on any atom is -0.460 e. The number of nitrogens with one attached hydrogen (secondary N) is 2. The summed E-state index contributed by atoms with van der Waals surface area (Å²) in [7, 11) is 1.50. The third-order valence-corrected chi connectivity index (χ3v) is 7.63. The topological polar surface area (TPSA) is 145 Å². The van der Waals surface area contributed by atoms with Crippen molar-refractivity contribution in [1.29, 1.82) is 0 Å². The molecule has 0 saturated heterocycles. The molecule has 0 aliphatic carbocycles. The molecular weight excluding hydrogens is 604 g/mol. The zero-order chi connectivity index (χ0) is 32.9. The summed E-state index contributed by atoms with van der Waals surface area (Å²) in [5, 5.41) is 23.6. The predicted molar refractivity (Wildman–Crippen MR) is 176 cm³/mol. The van der Waals surface area contributed by atoms with Crippen molar-refractivity contribution in [3.63, 3.8) is 0 Å². The molecule has 0 aliphatic rings. The molecule has 0 bridgehead atoms. The first-order chi connectivity index (χ1) is 22.1. The Kier molecular flexibility index (Phi) is 12.4. The van der Waals surface area contributed by atoms with Gasteiger partial charge >= 0.3 is 5.97 Å². The van der Waals surface area contributed by atoms with Crippen molar-refractivity contribution in [2.45, 2.75) is 77.4 Å². The van der Waals surface area contributed by atoms with Gasteiger partial charge in [0.05, 0.1) is 12.1 Å². The summed E-state index contributed by atoms with van der Waals surface area (Å²) in [6.45, 7) is 5.54. The van der Waals surface area contributed by atoms with E-state index in [0.29, 0.717) is 17.4 Å². The highest BCUT2D eigenvalue weighted by atomic mass is 32.1. The highest BCUT2D eigenvalue weighted by Crippen LogP contribution is 2.22. The summed E-state index contributed by atoms with van der Waals surface area (Å²) in [6, 6.07) is 20.5. The Labute approximate surface area is 273 Å². The van der Waals surface area contributed by atoms with E-state index < -0.39 is 11.7 Å². The van der Waals surface area contributed by atoms with E-state index in [1.54, 1.807) is 6.07 Å². The number of aromatic nitrogens is 4.